The van der Waals surface area contributed by atoms with Gasteiger partial charge in [-0.15, -0.1) is 0 Å². The van der Waals surface area contributed by atoms with Crippen LogP contribution in [-0.4, -0.2) is 36.3 Å². The monoisotopic (exact) mass is 576 g/mol. The lowest BCUT2D eigenvalue weighted by Gasteiger charge is -2.22. The molecule has 2 aromatic carbocycles. The van der Waals surface area contributed by atoms with Crippen LogP contribution in [0.25, 0.3) is 16.9 Å². The largest absolute Gasteiger partial charge is 0.481 e. The Balaban J connectivity index is 1.46. The van der Waals surface area contributed by atoms with Crippen LogP contribution in [-0.2, 0) is 29.5 Å². The number of carbonyl (C=O) groups is 2. The van der Waals surface area contributed by atoms with Gasteiger partial charge in [0.25, 0.3) is 5.91 Å². The van der Waals surface area contributed by atoms with Crippen LogP contribution in [0.5, 0.6) is 0 Å². The predicted octanol–water partition coefficient (Wildman–Crippen LogP) is 6.52. The van der Waals surface area contributed by atoms with Crippen molar-refractivity contribution in [3.05, 3.63) is 113 Å². The fourth-order valence-corrected chi connectivity index (χ4v) is 4.64. The Morgan fingerprint density at radius 3 is 2.38 bits per heavy atom. The van der Waals surface area contributed by atoms with E-state index >= 15 is 0 Å². The van der Waals surface area contributed by atoms with Gasteiger partial charge in [0.15, 0.2) is 0 Å². The molecule has 3 heterocycles. The summed E-state index contributed by atoms with van der Waals surface area (Å²) < 4.78 is 46.1. The van der Waals surface area contributed by atoms with Crippen molar-refractivity contribution in [1.29, 1.82) is 0 Å². The first-order valence-corrected chi connectivity index (χ1v) is 13.0. The van der Waals surface area contributed by atoms with Gasteiger partial charge in [0.05, 0.1) is 17.7 Å². The molecule has 8 nitrogen and oxygen atoms in total. The molecule has 1 amide bonds. The van der Waals surface area contributed by atoms with Gasteiger partial charge in [0.2, 0.25) is 11.5 Å². The fourth-order valence-electron chi connectivity index (χ4n) is 4.64. The predicted molar refractivity (Wildman–Crippen MR) is 148 cm³/mol. The lowest BCUT2D eigenvalue weighted by Crippen LogP contribution is -2.31. The van der Waals surface area contributed by atoms with Gasteiger partial charge >= 0.3 is 12.1 Å². The van der Waals surface area contributed by atoms with Crippen LogP contribution < -0.4 is 0 Å². The van der Waals surface area contributed by atoms with Gasteiger partial charge in [-0.1, -0.05) is 48.5 Å². The SMILES string of the molecule is Cc1nc2ncccn2c1C(=O)N(Cc1ccc(-c2cccc(C(C)(C)C(=O)O)c2)cc1)Cc1ccc(C(F)(F)F)o1. The Morgan fingerprint density at radius 1 is 0.976 bits per heavy atom. The molecule has 3 aromatic heterocycles. The maximum absolute atomic E-state index is 13.9. The van der Waals surface area contributed by atoms with Crippen LogP contribution in [0.4, 0.5) is 13.2 Å². The quantitative estimate of drug-likeness (QED) is 0.226. The highest BCUT2D eigenvalue weighted by atomic mass is 19.4. The molecule has 1 N–H and O–H groups in total. The van der Waals surface area contributed by atoms with Crippen molar-refractivity contribution in [2.45, 2.75) is 45.5 Å². The molecule has 0 unspecified atom stereocenters. The van der Waals surface area contributed by atoms with Crippen LogP contribution in [0.15, 0.2) is 83.5 Å². The number of benzene rings is 2. The van der Waals surface area contributed by atoms with Gasteiger partial charge in [-0.05, 0) is 61.2 Å². The average Bonchev–Trinajstić information content (AvgIpc) is 3.56. The van der Waals surface area contributed by atoms with Crippen molar-refractivity contribution in [2.75, 3.05) is 0 Å². The molecule has 5 rings (SSSR count). The van der Waals surface area contributed by atoms with Gasteiger partial charge in [-0.3, -0.25) is 14.0 Å². The van der Waals surface area contributed by atoms with Gasteiger partial charge in [-0.25, -0.2) is 9.97 Å². The molecule has 0 fully saturated rings. The standard InChI is InChI=1S/C31H27F3N4O4/c1-19-26(38-15-5-14-35-29(38)36-19)27(39)37(18-24-12-13-25(42-24)31(32,33)34)17-20-8-10-21(11-9-20)22-6-4-7-23(16-22)30(2,3)28(40)41/h4-16H,17-18H2,1-3H3,(H,40,41). The number of imidazole rings is 1. The van der Waals surface area contributed by atoms with Crippen LogP contribution >= 0.6 is 0 Å². The number of amides is 1. The Bertz CT molecular complexity index is 1770. The van der Waals surface area contributed by atoms with Gasteiger partial charge < -0.3 is 14.4 Å². The van der Waals surface area contributed by atoms with Crippen molar-refractivity contribution < 1.29 is 32.3 Å². The zero-order valence-electron chi connectivity index (χ0n) is 23.0. The van der Waals surface area contributed by atoms with Crippen LogP contribution in [0.2, 0.25) is 0 Å². The Kier molecular flexibility index (Phi) is 7.36. The molecule has 11 heteroatoms. The molecule has 0 saturated carbocycles. The van der Waals surface area contributed by atoms with Crippen molar-refractivity contribution in [2.24, 2.45) is 0 Å². The van der Waals surface area contributed by atoms with E-state index in [1.807, 2.05) is 36.4 Å². The third-order valence-corrected chi connectivity index (χ3v) is 7.14. The molecule has 0 spiro atoms. The minimum absolute atomic E-state index is 0.0187. The van der Waals surface area contributed by atoms with E-state index in [9.17, 15) is 27.9 Å². The molecule has 0 aliphatic carbocycles. The highest BCUT2D eigenvalue weighted by Crippen LogP contribution is 2.32. The first-order chi connectivity index (χ1) is 19.8. The molecule has 42 heavy (non-hydrogen) atoms. The first kappa shape index (κ1) is 28.6. The highest BCUT2D eigenvalue weighted by molar-refractivity contribution is 5.94. The summed E-state index contributed by atoms with van der Waals surface area (Å²) >= 11 is 0. The number of hydrogen-bond donors (Lipinski definition) is 1. The molecule has 0 radical (unpaired) electrons. The number of nitrogens with zero attached hydrogens (tertiary/aromatic N) is 4. The van der Waals surface area contributed by atoms with Gasteiger partial charge in [0, 0.05) is 18.9 Å². The van der Waals surface area contributed by atoms with Crippen molar-refractivity contribution in [1.82, 2.24) is 19.3 Å². The summed E-state index contributed by atoms with van der Waals surface area (Å²) in [6.07, 6.45) is -1.45. The summed E-state index contributed by atoms with van der Waals surface area (Å²) in [5.74, 6) is -2.22. The number of furan rings is 1. The minimum Gasteiger partial charge on any atom is -0.481 e. The van der Waals surface area contributed by atoms with Crippen molar-refractivity contribution in [3.8, 4) is 11.1 Å². The molecule has 0 aliphatic heterocycles. The maximum Gasteiger partial charge on any atom is 0.449 e. The van der Waals surface area contributed by atoms with E-state index in [0.29, 0.717) is 17.0 Å². The molecule has 5 aromatic rings. The topological polar surface area (TPSA) is 101 Å². The van der Waals surface area contributed by atoms with Crippen LogP contribution in [0.1, 0.15) is 52.7 Å². The number of carboxylic acids is 1. The lowest BCUT2D eigenvalue weighted by atomic mass is 9.83. The number of aliphatic carboxylic acids is 1. The van der Waals surface area contributed by atoms with E-state index in [-0.39, 0.29) is 24.5 Å². The number of carboxylic acid groups (broad SMARTS) is 1. The molecule has 0 atom stereocenters. The van der Waals surface area contributed by atoms with E-state index in [4.69, 9.17) is 4.42 Å². The van der Waals surface area contributed by atoms with E-state index < -0.39 is 29.2 Å². The number of aromatic nitrogens is 3. The zero-order valence-corrected chi connectivity index (χ0v) is 23.0. The number of carbonyl (C=O) groups excluding carboxylic acids is 1. The molecule has 216 valence electrons. The third-order valence-electron chi connectivity index (χ3n) is 7.14. The molecular formula is C31H27F3N4O4. The molecule has 0 bridgehead atoms. The Labute approximate surface area is 239 Å². The normalized spacial score (nSPS) is 12.0. The summed E-state index contributed by atoms with van der Waals surface area (Å²) in [7, 11) is 0. The Morgan fingerprint density at radius 2 is 1.71 bits per heavy atom. The van der Waals surface area contributed by atoms with E-state index in [2.05, 4.69) is 9.97 Å². The minimum atomic E-state index is -4.65. The summed E-state index contributed by atoms with van der Waals surface area (Å²) in [5, 5.41) is 9.61. The summed E-state index contributed by atoms with van der Waals surface area (Å²) in [6, 6.07) is 18.3. The van der Waals surface area contributed by atoms with Crippen molar-refractivity contribution in [3.63, 3.8) is 0 Å². The second-order valence-electron chi connectivity index (χ2n) is 10.5. The molecule has 0 aliphatic rings. The molecular weight excluding hydrogens is 549 g/mol. The number of rotatable bonds is 8. The second kappa shape index (κ2) is 10.8. The smallest absolute Gasteiger partial charge is 0.449 e. The van der Waals surface area contributed by atoms with E-state index in [1.165, 1.54) is 11.0 Å². The van der Waals surface area contributed by atoms with Gasteiger partial charge in [-0.2, -0.15) is 13.2 Å². The third kappa shape index (κ3) is 5.63. The number of aryl methyl sites for hydroxylation is 1. The number of alkyl halides is 3. The molecule has 0 saturated heterocycles. The van der Waals surface area contributed by atoms with E-state index in [0.717, 1.165) is 22.8 Å². The fraction of sp³-hybridized carbons (Fsp3) is 0.226. The summed E-state index contributed by atoms with van der Waals surface area (Å²) in [6.45, 7) is 4.81. The average molecular weight is 577 g/mol. The van der Waals surface area contributed by atoms with Gasteiger partial charge in [0.1, 0.15) is 11.5 Å². The maximum atomic E-state index is 13.9. The first-order valence-electron chi connectivity index (χ1n) is 13.0. The van der Waals surface area contributed by atoms with E-state index in [1.54, 1.807) is 55.8 Å². The number of fused-ring (bicyclic) bond motifs is 1. The van der Waals surface area contributed by atoms with Crippen LogP contribution in [0, 0.1) is 6.92 Å². The highest BCUT2D eigenvalue weighted by Gasteiger charge is 2.35. The summed E-state index contributed by atoms with van der Waals surface area (Å²) in [4.78, 5) is 35.5. The van der Waals surface area contributed by atoms with Crippen LogP contribution in [0.3, 0.4) is 0 Å². The second-order valence-corrected chi connectivity index (χ2v) is 10.5. The summed E-state index contributed by atoms with van der Waals surface area (Å²) in [5.41, 5.74) is 2.65. The zero-order chi connectivity index (χ0) is 30.2. The lowest BCUT2D eigenvalue weighted by molar-refractivity contribution is -0.153. The Hall–Kier alpha value is -4.93. The number of hydrogen-bond acceptors (Lipinski definition) is 5. The van der Waals surface area contributed by atoms with Crippen molar-refractivity contribution >= 4 is 17.7 Å². The number of halogens is 3.